The molecule has 2 aromatic rings. The van der Waals surface area contributed by atoms with Crippen LogP contribution in [0.2, 0.25) is 0 Å². The van der Waals surface area contributed by atoms with Gasteiger partial charge in [0.05, 0.1) is 25.0 Å². The molecule has 0 fully saturated rings. The summed E-state index contributed by atoms with van der Waals surface area (Å²) in [6.07, 6.45) is 4.86. The van der Waals surface area contributed by atoms with Crippen molar-refractivity contribution < 1.29 is 9.53 Å². The minimum Gasteiger partial charge on any atom is -0.407 e. The lowest BCUT2D eigenvalue weighted by Gasteiger charge is -2.13. The smallest absolute Gasteiger partial charge is 0.315 e. The fourth-order valence-corrected chi connectivity index (χ4v) is 2.10. The Hall–Kier alpha value is -2.10. The number of benzene rings is 1. The fourth-order valence-electron chi connectivity index (χ4n) is 2.10. The van der Waals surface area contributed by atoms with Crippen LogP contribution in [0.25, 0.3) is 0 Å². The van der Waals surface area contributed by atoms with E-state index in [1.807, 2.05) is 48.7 Å². The number of carbonyl (C=O) groups excluding carboxylic acids is 1. The second kappa shape index (κ2) is 6.89. The van der Waals surface area contributed by atoms with Crippen molar-refractivity contribution in [2.75, 3.05) is 0 Å². The van der Waals surface area contributed by atoms with Gasteiger partial charge in [-0.15, -0.1) is 0 Å². The van der Waals surface area contributed by atoms with Crippen LogP contribution >= 0.6 is 0 Å². The van der Waals surface area contributed by atoms with Gasteiger partial charge in [0.2, 0.25) is 5.88 Å². The summed E-state index contributed by atoms with van der Waals surface area (Å²) in [5.41, 5.74) is 1.14. The minimum atomic E-state index is -0.176. The van der Waals surface area contributed by atoms with Gasteiger partial charge in [-0.1, -0.05) is 44.2 Å². The Labute approximate surface area is 119 Å². The predicted molar refractivity (Wildman–Crippen MR) is 77.5 cm³/mol. The molecule has 106 valence electrons. The van der Waals surface area contributed by atoms with Crippen molar-refractivity contribution in [3.63, 3.8) is 0 Å². The highest BCUT2D eigenvalue weighted by Gasteiger charge is 2.18. The van der Waals surface area contributed by atoms with Gasteiger partial charge in [-0.25, -0.2) is 4.98 Å². The van der Waals surface area contributed by atoms with E-state index in [1.54, 1.807) is 12.5 Å². The largest absolute Gasteiger partial charge is 0.407 e. The normalized spacial score (nSPS) is 10.8. The lowest BCUT2D eigenvalue weighted by Crippen LogP contribution is -2.20. The number of aromatic nitrogens is 2. The van der Waals surface area contributed by atoms with Crippen LogP contribution in [0.15, 0.2) is 42.9 Å². The maximum absolute atomic E-state index is 12.0. The first-order valence-electron chi connectivity index (χ1n) is 7.00. The molecule has 0 N–H and O–H groups in total. The molecule has 1 heterocycles. The van der Waals surface area contributed by atoms with Crippen LogP contribution in [-0.2, 0) is 11.3 Å². The van der Waals surface area contributed by atoms with E-state index in [4.69, 9.17) is 4.74 Å². The van der Waals surface area contributed by atoms with E-state index in [2.05, 4.69) is 4.98 Å². The zero-order valence-corrected chi connectivity index (χ0v) is 12.0. The van der Waals surface area contributed by atoms with E-state index in [0.29, 0.717) is 12.4 Å². The summed E-state index contributed by atoms with van der Waals surface area (Å²) >= 11 is 0. The molecule has 0 amide bonds. The highest BCUT2D eigenvalue weighted by Crippen LogP contribution is 2.17. The van der Waals surface area contributed by atoms with E-state index in [-0.39, 0.29) is 11.9 Å². The number of imidazole rings is 1. The Bertz CT molecular complexity index is 545. The average molecular weight is 272 g/mol. The van der Waals surface area contributed by atoms with Crippen molar-refractivity contribution in [1.82, 2.24) is 9.55 Å². The molecule has 1 aromatic heterocycles. The number of ether oxygens (including phenoxy) is 1. The number of rotatable bonds is 6. The third-order valence-electron chi connectivity index (χ3n) is 3.39. The van der Waals surface area contributed by atoms with E-state index < -0.39 is 0 Å². The lowest BCUT2D eigenvalue weighted by molar-refractivity contribution is -0.139. The Morgan fingerprint density at radius 2 is 1.95 bits per heavy atom. The summed E-state index contributed by atoms with van der Waals surface area (Å²) in [5.74, 6) is 0.283. The van der Waals surface area contributed by atoms with Gasteiger partial charge in [0, 0.05) is 0 Å². The summed E-state index contributed by atoms with van der Waals surface area (Å²) in [6, 6.07) is 10.0. The van der Waals surface area contributed by atoms with Gasteiger partial charge >= 0.3 is 5.97 Å². The number of hydrogen-bond donors (Lipinski definition) is 0. The van der Waals surface area contributed by atoms with Crippen molar-refractivity contribution in [1.29, 1.82) is 0 Å². The molecule has 0 bridgehead atoms. The third kappa shape index (κ3) is 3.47. The first-order valence-corrected chi connectivity index (χ1v) is 7.00. The summed E-state index contributed by atoms with van der Waals surface area (Å²) in [7, 11) is 0. The Morgan fingerprint density at radius 3 is 2.60 bits per heavy atom. The van der Waals surface area contributed by atoms with Gasteiger partial charge in [-0.3, -0.25) is 9.36 Å². The zero-order valence-electron chi connectivity index (χ0n) is 12.0. The Morgan fingerprint density at radius 1 is 1.25 bits per heavy atom. The molecule has 0 unspecified atom stereocenters. The van der Waals surface area contributed by atoms with Gasteiger partial charge in [0.1, 0.15) is 0 Å². The highest BCUT2D eigenvalue weighted by molar-refractivity contribution is 5.74. The van der Waals surface area contributed by atoms with Crippen molar-refractivity contribution in [2.45, 2.75) is 33.2 Å². The van der Waals surface area contributed by atoms with Gasteiger partial charge in [0.15, 0.2) is 0 Å². The van der Waals surface area contributed by atoms with Gasteiger partial charge in [0.25, 0.3) is 0 Å². The molecule has 0 radical (unpaired) electrons. The summed E-state index contributed by atoms with van der Waals surface area (Å²) < 4.78 is 7.31. The monoisotopic (exact) mass is 272 g/mol. The van der Waals surface area contributed by atoms with Crippen LogP contribution in [0.3, 0.4) is 0 Å². The quantitative estimate of drug-likeness (QED) is 0.758. The van der Waals surface area contributed by atoms with E-state index in [1.165, 1.54) is 0 Å². The average Bonchev–Trinajstić information content (AvgIpc) is 2.88. The van der Waals surface area contributed by atoms with Crippen molar-refractivity contribution in [3.8, 4) is 5.88 Å². The summed E-state index contributed by atoms with van der Waals surface area (Å²) in [5, 5.41) is 0. The summed E-state index contributed by atoms with van der Waals surface area (Å²) in [4.78, 5) is 16.1. The molecule has 0 aliphatic carbocycles. The van der Waals surface area contributed by atoms with E-state index in [9.17, 15) is 4.79 Å². The second-order valence-corrected chi connectivity index (χ2v) is 4.78. The molecule has 0 aliphatic rings. The Balaban J connectivity index is 2.07. The van der Waals surface area contributed by atoms with Crippen molar-refractivity contribution in [2.24, 2.45) is 5.92 Å². The molecule has 0 atom stereocenters. The first-order chi connectivity index (χ1) is 9.74. The van der Waals surface area contributed by atoms with Gasteiger partial charge in [-0.2, -0.15) is 0 Å². The molecule has 0 saturated heterocycles. The van der Waals surface area contributed by atoms with Crippen LogP contribution in [0.1, 0.15) is 32.3 Å². The van der Waals surface area contributed by atoms with Crippen molar-refractivity contribution in [3.05, 3.63) is 48.4 Å². The molecule has 4 nitrogen and oxygen atoms in total. The number of carbonyl (C=O) groups is 1. The zero-order chi connectivity index (χ0) is 14.4. The molecule has 0 spiro atoms. The highest BCUT2D eigenvalue weighted by atomic mass is 16.5. The standard InChI is InChI=1S/C16H20N2O2/c1-3-14(4-2)16(19)20-15-10-17-12-18(15)11-13-8-6-5-7-9-13/h5-10,12,14H,3-4,11H2,1-2H3. The van der Waals surface area contributed by atoms with Crippen LogP contribution < -0.4 is 4.74 Å². The maximum atomic E-state index is 12.0. The number of hydrogen-bond acceptors (Lipinski definition) is 3. The van der Waals surface area contributed by atoms with Gasteiger partial charge in [-0.05, 0) is 18.4 Å². The molecular formula is C16H20N2O2. The summed E-state index contributed by atoms with van der Waals surface area (Å²) in [6.45, 7) is 4.64. The fraction of sp³-hybridized carbons (Fsp3) is 0.375. The Kier molecular flexibility index (Phi) is 4.93. The van der Waals surface area contributed by atoms with Crippen LogP contribution in [0.4, 0.5) is 0 Å². The third-order valence-corrected chi connectivity index (χ3v) is 3.39. The molecule has 2 rings (SSSR count). The van der Waals surface area contributed by atoms with Crippen LogP contribution in [0, 0.1) is 5.92 Å². The topological polar surface area (TPSA) is 44.1 Å². The maximum Gasteiger partial charge on any atom is 0.315 e. The SMILES string of the molecule is CCC(CC)C(=O)Oc1cncn1Cc1ccccc1. The van der Waals surface area contributed by atoms with E-state index in [0.717, 1.165) is 18.4 Å². The molecular weight excluding hydrogens is 252 g/mol. The molecule has 4 heteroatoms. The molecule has 0 aliphatic heterocycles. The molecule has 20 heavy (non-hydrogen) atoms. The first kappa shape index (κ1) is 14.3. The predicted octanol–water partition coefficient (Wildman–Crippen LogP) is 3.27. The lowest BCUT2D eigenvalue weighted by atomic mass is 10.0. The van der Waals surface area contributed by atoms with E-state index >= 15 is 0 Å². The van der Waals surface area contributed by atoms with Crippen LogP contribution in [0.5, 0.6) is 5.88 Å². The van der Waals surface area contributed by atoms with Crippen molar-refractivity contribution >= 4 is 5.97 Å². The number of nitrogens with zero attached hydrogens (tertiary/aromatic N) is 2. The number of esters is 1. The second-order valence-electron chi connectivity index (χ2n) is 4.78. The van der Waals surface area contributed by atoms with Crippen LogP contribution in [-0.4, -0.2) is 15.5 Å². The minimum absolute atomic E-state index is 0.0462. The molecule has 1 aromatic carbocycles. The molecule has 0 saturated carbocycles. The van der Waals surface area contributed by atoms with Gasteiger partial charge < -0.3 is 4.74 Å².